The highest BCUT2D eigenvalue weighted by Gasteiger charge is 2.48. The average molecular weight is 369 g/mol. The van der Waals surface area contributed by atoms with Crippen molar-refractivity contribution in [1.82, 2.24) is 5.32 Å². The van der Waals surface area contributed by atoms with Gasteiger partial charge in [-0.1, -0.05) is 29.8 Å². The standard InChI is InChI=1S/C15H17BrN2O2S/c1-15(2)10(6-11(15)19)18-14(20)13-12(17)8-5-7(16)3-4-9(8)21-13/h3-5,10-11,19H,6,17H2,1-2H3,(H,18,20). The van der Waals surface area contributed by atoms with Crippen molar-refractivity contribution in [2.24, 2.45) is 5.41 Å². The number of halogens is 1. The highest BCUT2D eigenvalue weighted by atomic mass is 79.9. The Bertz CT molecular complexity index is 726. The average Bonchev–Trinajstić information content (AvgIpc) is 2.75. The second-order valence-corrected chi connectivity index (χ2v) is 8.05. The number of carbonyl (C=O) groups is 1. The summed E-state index contributed by atoms with van der Waals surface area (Å²) in [4.78, 5) is 13.0. The maximum atomic E-state index is 12.4. The molecule has 1 aliphatic rings. The van der Waals surface area contributed by atoms with Crippen molar-refractivity contribution in [1.29, 1.82) is 0 Å². The van der Waals surface area contributed by atoms with Gasteiger partial charge in [0, 0.05) is 26.0 Å². The molecule has 112 valence electrons. The highest BCUT2D eigenvalue weighted by Crippen LogP contribution is 2.41. The largest absolute Gasteiger partial charge is 0.397 e. The van der Waals surface area contributed by atoms with Crippen molar-refractivity contribution in [2.45, 2.75) is 32.4 Å². The quantitative estimate of drug-likeness (QED) is 0.761. The molecule has 4 nitrogen and oxygen atoms in total. The molecule has 4 N–H and O–H groups in total. The predicted octanol–water partition coefficient (Wildman–Crippen LogP) is 3.14. The summed E-state index contributed by atoms with van der Waals surface area (Å²) in [7, 11) is 0. The van der Waals surface area contributed by atoms with E-state index in [1.54, 1.807) is 0 Å². The van der Waals surface area contributed by atoms with E-state index in [-0.39, 0.29) is 23.5 Å². The maximum Gasteiger partial charge on any atom is 0.263 e. The molecule has 0 spiro atoms. The number of nitrogens with one attached hydrogen (secondary N) is 1. The van der Waals surface area contributed by atoms with Crippen LogP contribution < -0.4 is 11.1 Å². The molecular formula is C15H17BrN2O2S. The van der Waals surface area contributed by atoms with Gasteiger partial charge in [-0.15, -0.1) is 11.3 Å². The van der Waals surface area contributed by atoms with Crippen LogP contribution in [0.25, 0.3) is 10.1 Å². The van der Waals surface area contributed by atoms with E-state index in [9.17, 15) is 9.90 Å². The molecule has 1 fully saturated rings. The van der Waals surface area contributed by atoms with Crippen molar-refractivity contribution >= 4 is 48.9 Å². The third-order valence-corrected chi connectivity index (χ3v) is 6.09. The summed E-state index contributed by atoms with van der Waals surface area (Å²) in [6.07, 6.45) is 0.230. The molecule has 2 atom stereocenters. The SMILES string of the molecule is CC1(C)C(O)CC1NC(=O)c1sc2ccc(Br)cc2c1N. The minimum absolute atomic E-state index is 0.0173. The fourth-order valence-corrected chi connectivity index (χ4v) is 4.00. The van der Waals surface area contributed by atoms with E-state index in [0.29, 0.717) is 17.0 Å². The van der Waals surface area contributed by atoms with E-state index in [1.807, 2.05) is 32.0 Å². The van der Waals surface area contributed by atoms with Crippen molar-refractivity contribution in [2.75, 3.05) is 5.73 Å². The minimum Gasteiger partial charge on any atom is -0.397 e. The molecule has 1 amide bonds. The van der Waals surface area contributed by atoms with Gasteiger partial charge in [-0.25, -0.2) is 0 Å². The van der Waals surface area contributed by atoms with Crippen LogP contribution >= 0.6 is 27.3 Å². The predicted molar refractivity (Wildman–Crippen MR) is 89.6 cm³/mol. The Balaban J connectivity index is 1.87. The van der Waals surface area contributed by atoms with E-state index in [2.05, 4.69) is 21.2 Å². The van der Waals surface area contributed by atoms with Gasteiger partial charge < -0.3 is 16.2 Å². The Kier molecular flexibility index (Phi) is 3.50. The van der Waals surface area contributed by atoms with Crippen LogP contribution in [0, 0.1) is 5.41 Å². The molecule has 1 aromatic heterocycles. The van der Waals surface area contributed by atoms with Crippen LogP contribution in [0.1, 0.15) is 29.9 Å². The zero-order valence-electron chi connectivity index (χ0n) is 11.8. The molecule has 2 aromatic rings. The first-order valence-corrected chi connectivity index (χ1v) is 8.38. The molecule has 1 aliphatic carbocycles. The maximum absolute atomic E-state index is 12.4. The lowest BCUT2D eigenvalue weighted by atomic mass is 9.64. The lowest BCUT2D eigenvalue weighted by Crippen LogP contribution is -2.61. The summed E-state index contributed by atoms with van der Waals surface area (Å²) < 4.78 is 1.93. The number of fused-ring (bicyclic) bond motifs is 1. The number of thiophene rings is 1. The van der Waals surface area contributed by atoms with E-state index >= 15 is 0 Å². The van der Waals surface area contributed by atoms with Gasteiger partial charge in [-0.05, 0) is 24.6 Å². The number of amides is 1. The smallest absolute Gasteiger partial charge is 0.263 e. The Morgan fingerprint density at radius 3 is 2.86 bits per heavy atom. The number of anilines is 1. The zero-order chi connectivity index (χ0) is 15.4. The van der Waals surface area contributed by atoms with Crippen LogP contribution in [-0.2, 0) is 0 Å². The van der Waals surface area contributed by atoms with E-state index in [0.717, 1.165) is 14.6 Å². The number of nitrogen functional groups attached to an aromatic ring is 1. The molecule has 0 radical (unpaired) electrons. The summed E-state index contributed by atoms with van der Waals surface area (Å²) in [5.41, 5.74) is 6.35. The third-order valence-electron chi connectivity index (χ3n) is 4.42. The molecule has 3 rings (SSSR count). The molecule has 2 unspecified atom stereocenters. The summed E-state index contributed by atoms with van der Waals surface area (Å²) in [5, 5.41) is 13.6. The zero-order valence-corrected chi connectivity index (χ0v) is 14.2. The van der Waals surface area contributed by atoms with Crippen molar-refractivity contribution in [3.63, 3.8) is 0 Å². The first-order valence-electron chi connectivity index (χ1n) is 6.77. The molecule has 0 saturated heterocycles. The fraction of sp³-hybridized carbons (Fsp3) is 0.400. The first-order chi connectivity index (χ1) is 9.80. The number of nitrogens with two attached hydrogens (primary N) is 1. The fourth-order valence-electron chi connectivity index (χ4n) is 2.63. The third kappa shape index (κ3) is 2.35. The number of hydrogen-bond donors (Lipinski definition) is 3. The van der Waals surface area contributed by atoms with Gasteiger partial charge in [0.2, 0.25) is 0 Å². The minimum atomic E-state index is -0.362. The Hall–Kier alpha value is -1.11. The number of aliphatic hydroxyl groups is 1. The van der Waals surface area contributed by atoms with Gasteiger partial charge >= 0.3 is 0 Å². The van der Waals surface area contributed by atoms with Crippen LogP contribution in [0.5, 0.6) is 0 Å². The Morgan fingerprint density at radius 2 is 2.24 bits per heavy atom. The topological polar surface area (TPSA) is 75.3 Å². The summed E-state index contributed by atoms with van der Waals surface area (Å²) in [6.45, 7) is 3.91. The van der Waals surface area contributed by atoms with Crippen LogP contribution in [0.15, 0.2) is 22.7 Å². The van der Waals surface area contributed by atoms with Crippen LogP contribution in [-0.4, -0.2) is 23.2 Å². The second kappa shape index (κ2) is 4.97. The van der Waals surface area contributed by atoms with Crippen LogP contribution in [0.3, 0.4) is 0 Å². The number of benzene rings is 1. The van der Waals surface area contributed by atoms with Gasteiger partial charge in [0.25, 0.3) is 5.91 Å². The summed E-state index contributed by atoms with van der Waals surface area (Å²) in [6, 6.07) is 5.80. The first kappa shape index (κ1) is 14.8. The van der Waals surface area contributed by atoms with Gasteiger partial charge in [-0.2, -0.15) is 0 Å². The molecule has 0 aliphatic heterocycles. The Labute approximate surface area is 135 Å². The van der Waals surface area contributed by atoms with Crippen molar-refractivity contribution in [3.05, 3.63) is 27.5 Å². The lowest BCUT2D eigenvalue weighted by Gasteiger charge is -2.49. The van der Waals surface area contributed by atoms with Crippen LogP contribution in [0.2, 0.25) is 0 Å². The number of rotatable bonds is 2. The molecule has 21 heavy (non-hydrogen) atoms. The molecular weight excluding hydrogens is 352 g/mol. The number of aliphatic hydroxyl groups excluding tert-OH is 1. The van der Waals surface area contributed by atoms with E-state index in [1.165, 1.54) is 11.3 Å². The number of hydrogen-bond acceptors (Lipinski definition) is 4. The molecule has 1 heterocycles. The van der Waals surface area contributed by atoms with Gasteiger partial charge in [0.05, 0.1) is 11.8 Å². The second-order valence-electron chi connectivity index (χ2n) is 6.08. The van der Waals surface area contributed by atoms with Gasteiger partial charge in [-0.3, -0.25) is 4.79 Å². The number of carbonyl (C=O) groups excluding carboxylic acids is 1. The molecule has 1 aromatic carbocycles. The van der Waals surface area contributed by atoms with E-state index < -0.39 is 0 Å². The van der Waals surface area contributed by atoms with Crippen LogP contribution in [0.4, 0.5) is 5.69 Å². The van der Waals surface area contributed by atoms with Gasteiger partial charge in [0.1, 0.15) is 4.88 Å². The molecule has 0 bridgehead atoms. The lowest BCUT2D eigenvalue weighted by molar-refractivity contribution is -0.0689. The highest BCUT2D eigenvalue weighted by molar-refractivity contribution is 9.10. The van der Waals surface area contributed by atoms with Crippen molar-refractivity contribution < 1.29 is 9.90 Å². The molecule has 1 saturated carbocycles. The molecule has 6 heteroatoms. The summed E-state index contributed by atoms with van der Waals surface area (Å²) in [5.74, 6) is -0.158. The Morgan fingerprint density at radius 1 is 1.52 bits per heavy atom. The van der Waals surface area contributed by atoms with Crippen molar-refractivity contribution in [3.8, 4) is 0 Å². The van der Waals surface area contributed by atoms with Gasteiger partial charge in [0.15, 0.2) is 0 Å². The normalized spacial score (nSPS) is 23.8. The van der Waals surface area contributed by atoms with E-state index in [4.69, 9.17) is 5.73 Å². The summed E-state index contributed by atoms with van der Waals surface area (Å²) >= 11 is 4.81. The monoisotopic (exact) mass is 368 g/mol.